The molecule has 6 nitrogen and oxygen atoms in total. The topological polar surface area (TPSA) is 58.1 Å². The Morgan fingerprint density at radius 2 is 2.15 bits per heavy atom. The van der Waals surface area contributed by atoms with Gasteiger partial charge in [0.2, 0.25) is 0 Å². The molecule has 0 radical (unpaired) electrons. The van der Waals surface area contributed by atoms with Crippen LogP contribution in [0.5, 0.6) is 5.75 Å². The van der Waals surface area contributed by atoms with Crippen molar-refractivity contribution in [1.29, 1.82) is 0 Å². The summed E-state index contributed by atoms with van der Waals surface area (Å²) < 4.78 is 24.5. The molecule has 1 aliphatic rings. The van der Waals surface area contributed by atoms with E-state index < -0.39 is 0 Å². The number of nitrogens with zero attached hydrogens (tertiary/aromatic N) is 2. The summed E-state index contributed by atoms with van der Waals surface area (Å²) in [6, 6.07) is 6.93. The van der Waals surface area contributed by atoms with Gasteiger partial charge in [-0.1, -0.05) is 12.1 Å². The van der Waals surface area contributed by atoms with E-state index in [4.69, 9.17) is 9.47 Å². The van der Waals surface area contributed by atoms with E-state index in [1.54, 1.807) is 32.4 Å². The van der Waals surface area contributed by atoms with Crippen molar-refractivity contribution in [3.05, 3.63) is 30.1 Å². The second kappa shape index (κ2) is 13.1. The van der Waals surface area contributed by atoms with Gasteiger partial charge in [0.05, 0.1) is 13.2 Å². The highest BCUT2D eigenvalue weighted by molar-refractivity contribution is 14.0. The molecule has 0 spiro atoms. The van der Waals surface area contributed by atoms with E-state index in [-0.39, 0.29) is 41.6 Å². The number of rotatable bonds is 9. The zero-order valence-corrected chi connectivity index (χ0v) is 18.7. The fourth-order valence-corrected chi connectivity index (χ4v) is 3.10. The number of hydrogen-bond acceptors (Lipinski definition) is 4. The second-order valence-electron chi connectivity index (χ2n) is 6.52. The standard InChI is InChI=1S/C19H31FN4O2.HI/c1-15(26-18-9-5-4-8-17(18)20)13-22-19(21-2)23-14-16-7-6-10-24(16)11-12-25-3;/h4-5,8-9,15-16H,6-7,10-14H2,1-3H3,(H2,21,22,23);1H. The summed E-state index contributed by atoms with van der Waals surface area (Å²) in [5, 5.41) is 6.61. The highest BCUT2D eigenvalue weighted by atomic mass is 127. The van der Waals surface area contributed by atoms with Gasteiger partial charge in [-0.2, -0.15) is 0 Å². The van der Waals surface area contributed by atoms with Crippen LogP contribution in [0.25, 0.3) is 0 Å². The Bertz CT molecular complexity index is 576. The number of hydrogen-bond donors (Lipinski definition) is 2. The maximum absolute atomic E-state index is 13.6. The third kappa shape index (κ3) is 8.18. The van der Waals surface area contributed by atoms with Crippen LogP contribution < -0.4 is 15.4 Å². The van der Waals surface area contributed by atoms with Gasteiger partial charge in [0.25, 0.3) is 0 Å². The Kier molecular flexibility index (Phi) is 11.6. The van der Waals surface area contributed by atoms with Crippen molar-refractivity contribution in [3.8, 4) is 5.75 Å². The van der Waals surface area contributed by atoms with Gasteiger partial charge in [-0.15, -0.1) is 24.0 Å². The first kappa shape index (κ1) is 23.9. The van der Waals surface area contributed by atoms with Crippen molar-refractivity contribution in [2.24, 2.45) is 4.99 Å². The maximum atomic E-state index is 13.6. The second-order valence-corrected chi connectivity index (χ2v) is 6.52. The van der Waals surface area contributed by atoms with Crippen LogP contribution >= 0.6 is 24.0 Å². The van der Waals surface area contributed by atoms with Crippen LogP contribution in [0, 0.1) is 5.82 Å². The van der Waals surface area contributed by atoms with Gasteiger partial charge in [0.1, 0.15) is 6.10 Å². The largest absolute Gasteiger partial charge is 0.486 e. The normalized spacial score (nSPS) is 18.7. The van der Waals surface area contributed by atoms with Crippen molar-refractivity contribution >= 4 is 29.9 Å². The van der Waals surface area contributed by atoms with Crippen LogP contribution in [0.1, 0.15) is 19.8 Å². The number of guanidine groups is 1. The first-order valence-electron chi connectivity index (χ1n) is 9.22. The molecule has 2 rings (SSSR count). The predicted molar refractivity (Wildman–Crippen MR) is 118 cm³/mol. The minimum atomic E-state index is -0.348. The van der Waals surface area contributed by atoms with E-state index in [0.29, 0.717) is 12.6 Å². The summed E-state index contributed by atoms with van der Waals surface area (Å²) >= 11 is 0. The summed E-state index contributed by atoms with van der Waals surface area (Å²) in [6.45, 7) is 6.11. The molecule has 154 valence electrons. The third-order valence-electron chi connectivity index (χ3n) is 4.53. The van der Waals surface area contributed by atoms with E-state index in [1.165, 1.54) is 18.9 Å². The minimum Gasteiger partial charge on any atom is -0.486 e. The SMILES string of the molecule is CN=C(NCC(C)Oc1ccccc1F)NCC1CCCN1CCOC.I. The minimum absolute atomic E-state index is 0. The van der Waals surface area contributed by atoms with Gasteiger partial charge in [0, 0.05) is 33.3 Å². The molecule has 0 aromatic heterocycles. The van der Waals surface area contributed by atoms with Gasteiger partial charge >= 0.3 is 0 Å². The van der Waals surface area contributed by atoms with E-state index in [1.807, 2.05) is 6.92 Å². The zero-order valence-electron chi connectivity index (χ0n) is 16.4. The van der Waals surface area contributed by atoms with E-state index in [0.717, 1.165) is 32.2 Å². The lowest BCUT2D eigenvalue weighted by Gasteiger charge is -2.25. The van der Waals surface area contributed by atoms with Crippen molar-refractivity contribution in [1.82, 2.24) is 15.5 Å². The molecule has 27 heavy (non-hydrogen) atoms. The number of aliphatic imine (C=N–C) groups is 1. The molecule has 2 N–H and O–H groups in total. The van der Waals surface area contributed by atoms with Crippen molar-refractivity contribution in [2.75, 3.05) is 46.9 Å². The van der Waals surface area contributed by atoms with Crippen LogP contribution in [0.4, 0.5) is 4.39 Å². The summed E-state index contributed by atoms with van der Waals surface area (Å²) in [5.41, 5.74) is 0. The van der Waals surface area contributed by atoms with Crippen LogP contribution in [-0.2, 0) is 4.74 Å². The van der Waals surface area contributed by atoms with Crippen molar-refractivity contribution in [2.45, 2.75) is 31.9 Å². The molecular formula is C19H32FIN4O2. The Hall–Kier alpha value is -1.13. The third-order valence-corrected chi connectivity index (χ3v) is 4.53. The summed E-state index contributed by atoms with van der Waals surface area (Å²) in [7, 11) is 3.48. The average molecular weight is 494 g/mol. The van der Waals surface area contributed by atoms with Gasteiger partial charge in [-0.05, 0) is 38.4 Å². The molecule has 1 aromatic carbocycles. The smallest absolute Gasteiger partial charge is 0.191 e. The van der Waals surface area contributed by atoms with Crippen LogP contribution in [0.15, 0.2) is 29.3 Å². The molecule has 1 saturated heterocycles. The first-order valence-corrected chi connectivity index (χ1v) is 9.22. The summed E-state index contributed by atoms with van der Waals surface area (Å²) in [6.07, 6.45) is 2.21. The molecule has 0 aliphatic carbocycles. The van der Waals surface area contributed by atoms with E-state index in [2.05, 4.69) is 20.5 Å². The summed E-state index contributed by atoms with van der Waals surface area (Å²) in [5.74, 6) is 0.649. The highest BCUT2D eigenvalue weighted by Crippen LogP contribution is 2.17. The van der Waals surface area contributed by atoms with Crippen molar-refractivity contribution in [3.63, 3.8) is 0 Å². The van der Waals surface area contributed by atoms with Crippen LogP contribution in [0.3, 0.4) is 0 Å². The molecule has 1 aliphatic heterocycles. The Labute approximate surface area is 178 Å². The Balaban J connectivity index is 0.00000364. The highest BCUT2D eigenvalue weighted by Gasteiger charge is 2.24. The number of ether oxygens (including phenoxy) is 2. The lowest BCUT2D eigenvalue weighted by atomic mass is 10.2. The number of likely N-dealkylation sites (tertiary alicyclic amines) is 1. The molecule has 1 fully saturated rings. The van der Waals surface area contributed by atoms with Gasteiger partial charge < -0.3 is 20.1 Å². The summed E-state index contributed by atoms with van der Waals surface area (Å²) in [4.78, 5) is 6.71. The molecule has 0 saturated carbocycles. The van der Waals surface area contributed by atoms with E-state index >= 15 is 0 Å². The van der Waals surface area contributed by atoms with Crippen LogP contribution in [0.2, 0.25) is 0 Å². The van der Waals surface area contributed by atoms with Crippen molar-refractivity contribution < 1.29 is 13.9 Å². The lowest BCUT2D eigenvalue weighted by Crippen LogP contribution is -2.47. The molecular weight excluding hydrogens is 462 g/mol. The number of benzene rings is 1. The lowest BCUT2D eigenvalue weighted by molar-refractivity contribution is 0.141. The fourth-order valence-electron chi connectivity index (χ4n) is 3.10. The number of methoxy groups -OCH3 is 1. The molecule has 2 atom stereocenters. The van der Waals surface area contributed by atoms with Gasteiger partial charge in [0.15, 0.2) is 17.5 Å². The maximum Gasteiger partial charge on any atom is 0.191 e. The van der Waals surface area contributed by atoms with E-state index in [9.17, 15) is 4.39 Å². The molecule has 0 amide bonds. The zero-order chi connectivity index (χ0) is 18.8. The first-order chi connectivity index (χ1) is 12.6. The fraction of sp³-hybridized carbons (Fsp3) is 0.632. The predicted octanol–water partition coefficient (Wildman–Crippen LogP) is 2.49. The Morgan fingerprint density at radius 1 is 1.37 bits per heavy atom. The van der Waals surface area contributed by atoms with Gasteiger partial charge in [-0.3, -0.25) is 9.89 Å². The monoisotopic (exact) mass is 494 g/mol. The molecule has 0 bridgehead atoms. The molecule has 2 unspecified atom stereocenters. The Morgan fingerprint density at radius 3 is 2.85 bits per heavy atom. The quantitative estimate of drug-likeness (QED) is 0.314. The van der Waals surface area contributed by atoms with Gasteiger partial charge in [-0.25, -0.2) is 4.39 Å². The molecule has 8 heteroatoms. The number of nitrogens with one attached hydrogen (secondary N) is 2. The molecule has 1 heterocycles. The molecule has 1 aromatic rings. The average Bonchev–Trinajstić information content (AvgIpc) is 3.09. The van der Waals surface area contributed by atoms with Crippen LogP contribution in [-0.4, -0.2) is 69.9 Å². The number of para-hydroxylation sites is 1. The number of halogens is 2.